The molecule has 0 saturated carbocycles. The summed E-state index contributed by atoms with van der Waals surface area (Å²) in [6.45, 7) is 0. The predicted octanol–water partition coefficient (Wildman–Crippen LogP) is 5.37. The van der Waals surface area contributed by atoms with Gasteiger partial charge in [0.05, 0.1) is 18.3 Å². The van der Waals surface area contributed by atoms with Gasteiger partial charge in [-0.15, -0.1) is 22.7 Å². The topological polar surface area (TPSA) is 52.3 Å². The number of carbonyl (C=O) groups excluding carboxylic acids is 1. The van der Waals surface area contributed by atoms with E-state index in [2.05, 4.69) is 0 Å². The largest absolute Gasteiger partial charge is 0.497 e. The summed E-state index contributed by atoms with van der Waals surface area (Å²) in [7, 11) is 1.63. The molecule has 0 amide bonds. The highest BCUT2D eigenvalue weighted by Crippen LogP contribution is 2.37. The van der Waals surface area contributed by atoms with Crippen LogP contribution in [0.1, 0.15) is 15.4 Å². The number of ketones is 1. The molecule has 3 heterocycles. The molecule has 6 heteroatoms. The van der Waals surface area contributed by atoms with Gasteiger partial charge < -0.3 is 9.15 Å². The minimum absolute atomic E-state index is 0.148. The van der Waals surface area contributed by atoms with E-state index in [0.717, 1.165) is 21.2 Å². The molecular weight excluding hydrogens is 354 g/mol. The van der Waals surface area contributed by atoms with Crippen LogP contribution in [0.5, 0.6) is 5.75 Å². The lowest BCUT2D eigenvalue weighted by Gasteiger charge is -2.00. The lowest BCUT2D eigenvalue weighted by atomic mass is 10.2. The van der Waals surface area contributed by atoms with E-state index in [9.17, 15) is 4.79 Å². The second-order valence-corrected chi connectivity index (χ2v) is 7.16. The Kier molecular flexibility index (Phi) is 4.21. The maximum Gasteiger partial charge on any atom is 0.240 e. The Morgan fingerprint density at radius 3 is 2.60 bits per heavy atom. The second kappa shape index (κ2) is 6.66. The van der Waals surface area contributed by atoms with Crippen molar-refractivity contribution in [3.63, 3.8) is 0 Å². The number of ether oxygens (including phenoxy) is 1. The Bertz CT molecular complexity index is 984. The normalized spacial score (nSPS) is 10.8. The molecule has 0 atom stereocenters. The SMILES string of the molecule is COc1ccc(-c2nc(-c3cccs3)c(C(=O)c3ccco3)s2)cc1. The number of furan rings is 1. The van der Waals surface area contributed by atoms with Gasteiger partial charge in [-0.25, -0.2) is 4.98 Å². The van der Waals surface area contributed by atoms with Gasteiger partial charge in [-0.1, -0.05) is 6.07 Å². The van der Waals surface area contributed by atoms with Crippen molar-refractivity contribution >= 4 is 28.5 Å². The molecule has 0 aliphatic rings. The van der Waals surface area contributed by atoms with Crippen LogP contribution >= 0.6 is 22.7 Å². The summed E-state index contributed by atoms with van der Waals surface area (Å²) in [6.07, 6.45) is 1.50. The molecule has 0 saturated heterocycles. The summed E-state index contributed by atoms with van der Waals surface area (Å²) in [5.41, 5.74) is 1.65. The standard InChI is InChI=1S/C19H13NO3S2/c1-22-13-8-6-12(7-9-13)19-20-16(15-5-3-11-24-15)18(25-19)17(21)14-4-2-10-23-14/h2-11H,1H3. The van der Waals surface area contributed by atoms with Crippen molar-refractivity contribution in [3.8, 4) is 26.9 Å². The van der Waals surface area contributed by atoms with E-state index >= 15 is 0 Å². The molecule has 0 spiro atoms. The molecule has 4 nitrogen and oxygen atoms in total. The summed E-state index contributed by atoms with van der Waals surface area (Å²) in [6, 6.07) is 15.0. The zero-order chi connectivity index (χ0) is 17.2. The van der Waals surface area contributed by atoms with E-state index < -0.39 is 0 Å². The number of methoxy groups -OCH3 is 1. The van der Waals surface area contributed by atoms with Crippen LogP contribution in [-0.2, 0) is 0 Å². The van der Waals surface area contributed by atoms with Crippen LogP contribution in [0, 0.1) is 0 Å². The summed E-state index contributed by atoms with van der Waals surface area (Å²) in [5, 5.41) is 2.77. The minimum atomic E-state index is -0.148. The fraction of sp³-hybridized carbons (Fsp3) is 0.0526. The second-order valence-electron chi connectivity index (χ2n) is 5.21. The van der Waals surface area contributed by atoms with Gasteiger partial charge in [-0.2, -0.15) is 0 Å². The third kappa shape index (κ3) is 3.01. The number of hydrogen-bond donors (Lipinski definition) is 0. The molecule has 0 aliphatic carbocycles. The zero-order valence-corrected chi connectivity index (χ0v) is 14.9. The van der Waals surface area contributed by atoms with E-state index in [1.165, 1.54) is 17.6 Å². The number of nitrogens with zero attached hydrogens (tertiary/aromatic N) is 1. The van der Waals surface area contributed by atoms with E-state index in [1.54, 1.807) is 30.6 Å². The molecule has 0 aliphatic heterocycles. The van der Waals surface area contributed by atoms with Crippen molar-refractivity contribution < 1.29 is 13.9 Å². The van der Waals surface area contributed by atoms with Crippen LogP contribution in [0.15, 0.2) is 64.6 Å². The van der Waals surface area contributed by atoms with E-state index in [-0.39, 0.29) is 5.78 Å². The molecule has 3 aromatic heterocycles. The molecule has 4 aromatic rings. The lowest BCUT2D eigenvalue weighted by molar-refractivity contribution is 0.101. The molecular formula is C19H13NO3S2. The summed E-state index contributed by atoms with van der Waals surface area (Å²) < 4.78 is 10.5. The number of thiazole rings is 1. The molecule has 25 heavy (non-hydrogen) atoms. The fourth-order valence-electron chi connectivity index (χ4n) is 2.43. The van der Waals surface area contributed by atoms with Gasteiger partial charge >= 0.3 is 0 Å². The van der Waals surface area contributed by atoms with Gasteiger partial charge in [0, 0.05) is 5.56 Å². The van der Waals surface area contributed by atoms with Crippen LogP contribution in [0.25, 0.3) is 21.1 Å². The maximum atomic E-state index is 12.8. The Morgan fingerprint density at radius 1 is 1.12 bits per heavy atom. The molecule has 0 unspecified atom stereocenters. The first-order chi connectivity index (χ1) is 12.3. The Morgan fingerprint density at radius 2 is 1.96 bits per heavy atom. The quantitative estimate of drug-likeness (QED) is 0.445. The molecule has 0 bridgehead atoms. The molecule has 0 fully saturated rings. The number of aromatic nitrogens is 1. The Balaban J connectivity index is 1.81. The van der Waals surface area contributed by atoms with Gasteiger partial charge in [-0.3, -0.25) is 4.79 Å². The first-order valence-electron chi connectivity index (χ1n) is 7.53. The average Bonchev–Trinajstić information content (AvgIpc) is 3.42. The van der Waals surface area contributed by atoms with E-state index in [1.807, 2.05) is 41.8 Å². The van der Waals surface area contributed by atoms with E-state index in [0.29, 0.717) is 16.3 Å². The van der Waals surface area contributed by atoms with Crippen molar-refractivity contribution in [2.75, 3.05) is 7.11 Å². The number of benzene rings is 1. The van der Waals surface area contributed by atoms with Crippen molar-refractivity contribution in [1.82, 2.24) is 4.98 Å². The van der Waals surface area contributed by atoms with Crippen molar-refractivity contribution in [3.05, 3.63) is 70.8 Å². The lowest BCUT2D eigenvalue weighted by Crippen LogP contribution is -1.98. The van der Waals surface area contributed by atoms with Crippen LogP contribution < -0.4 is 4.74 Å². The average molecular weight is 367 g/mol. The Hall–Kier alpha value is -2.70. The monoisotopic (exact) mass is 367 g/mol. The number of thiophene rings is 1. The van der Waals surface area contributed by atoms with Crippen LogP contribution in [0.4, 0.5) is 0 Å². The predicted molar refractivity (Wildman–Crippen MR) is 99.6 cm³/mol. The summed E-state index contributed by atoms with van der Waals surface area (Å²) in [5.74, 6) is 0.957. The highest BCUT2D eigenvalue weighted by atomic mass is 32.1. The number of hydrogen-bond acceptors (Lipinski definition) is 6. The maximum absolute atomic E-state index is 12.8. The van der Waals surface area contributed by atoms with Crippen LogP contribution in [-0.4, -0.2) is 17.9 Å². The first-order valence-corrected chi connectivity index (χ1v) is 9.23. The highest BCUT2D eigenvalue weighted by molar-refractivity contribution is 7.18. The van der Waals surface area contributed by atoms with Crippen molar-refractivity contribution in [1.29, 1.82) is 0 Å². The van der Waals surface area contributed by atoms with Crippen molar-refractivity contribution in [2.24, 2.45) is 0 Å². The van der Waals surface area contributed by atoms with Crippen LogP contribution in [0.3, 0.4) is 0 Å². The first kappa shape index (κ1) is 15.8. The smallest absolute Gasteiger partial charge is 0.240 e. The molecule has 1 aromatic carbocycles. The minimum Gasteiger partial charge on any atom is -0.497 e. The van der Waals surface area contributed by atoms with Gasteiger partial charge in [-0.05, 0) is 47.8 Å². The van der Waals surface area contributed by atoms with Gasteiger partial charge in [0.2, 0.25) is 5.78 Å². The molecule has 0 N–H and O–H groups in total. The van der Waals surface area contributed by atoms with Crippen LogP contribution in [0.2, 0.25) is 0 Å². The zero-order valence-electron chi connectivity index (χ0n) is 13.3. The number of rotatable bonds is 5. The third-order valence-corrected chi connectivity index (χ3v) is 5.65. The van der Waals surface area contributed by atoms with Gasteiger partial charge in [0.15, 0.2) is 5.76 Å². The number of carbonyl (C=O) groups is 1. The molecule has 124 valence electrons. The third-order valence-electron chi connectivity index (χ3n) is 3.67. The van der Waals surface area contributed by atoms with E-state index in [4.69, 9.17) is 14.1 Å². The van der Waals surface area contributed by atoms with Gasteiger partial charge in [0.1, 0.15) is 21.3 Å². The summed E-state index contributed by atoms with van der Waals surface area (Å²) in [4.78, 5) is 19.1. The Labute approximate surface area is 152 Å². The highest BCUT2D eigenvalue weighted by Gasteiger charge is 2.23. The fourth-order valence-corrected chi connectivity index (χ4v) is 4.25. The summed E-state index contributed by atoms with van der Waals surface area (Å²) >= 11 is 2.94. The molecule has 0 radical (unpaired) electrons. The molecule has 4 rings (SSSR count). The van der Waals surface area contributed by atoms with Crippen molar-refractivity contribution in [2.45, 2.75) is 0 Å². The van der Waals surface area contributed by atoms with Gasteiger partial charge in [0.25, 0.3) is 0 Å².